The molecule has 0 unspecified atom stereocenters. The number of aryl methyl sites for hydroxylation is 1. The summed E-state index contributed by atoms with van der Waals surface area (Å²) >= 11 is 0. The highest BCUT2D eigenvalue weighted by Gasteiger charge is 2.24. The number of benzene rings is 6. The van der Waals surface area contributed by atoms with Gasteiger partial charge < -0.3 is 5.11 Å². The maximum absolute atomic E-state index is 11.4. The quantitative estimate of drug-likeness (QED) is 0.177. The number of rotatable bonds is 7. The molecule has 0 aliphatic heterocycles. The zero-order valence-corrected chi connectivity index (χ0v) is 32.5. The molecule has 9 aromatic rings. The van der Waals surface area contributed by atoms with Crippen molar-refractivity contribution < 1.29 is 5.11 Å². The van der Waals surface area contributed by atoms with Crippen LogP contribution in [-0.2, 0) is 5.41 Å². The molecule has 3 aromatic heterocycles. The summed E-state index contributed by atoms with van der Waals surface area (Å²) in [6, 6.07) is 56.5. The van der Waals surface area contributed by atoms with Crippen molar-refractivity contribution in [3.05, 3.63) is 187 Å². The van der Waals surface area contributed by atoms with Gasteiger partial charge in [-0.3, -0.25) is 9.55 Å². The summed E-state index contributed by atoms with van der Waals surface area (Å²) in [5.74, 6) is 0.795. The van der Waals surface area contributed by atoms with Gasteiger partial charge in [-0.05, 0) is 117 Å². The summed E-state index contributed by atoms with van der Waals surface area (Å²) in [5.41, 5.74) is 15.7. The van der Waals surface area contributed by atoms with Gasteiger partial charge in [0.05, 0.1) is 11.3 Å². The molecule has 3 heterocycles. The van der Waals surface area contributed by atoms with Crippen LogP contribution in [0.15, 0.2) is 176 Å². The Hall–Kier alpha value is -7.11. The second-order valence-electron chi connectivity index (χ2n) is 15.6. The molecule has 1 N–H and O–H groups in total. The van der Waals surface area contributed by atoms with E-state index in [0.717, 1.165) is 67.0 Å². The predicted molar refractivity (Wildman–Crippen MR) is 234 cm³/mol. The third-order valence-corrected chi connectivity index (χ3v) is 10.7. The maximum Gasteiger partial charge on any atom is 0.165 e. The van der Waals surface area contributed by atoms with E-state index < -0.39 is 0 Å². The lowest BCUT2D eigenvalue weighted by Crippen LogP contribution is -2.11. The molecule has 0 bridgehead atoms. The van der Waals surface area contributed by atoms with Gasteiger partial charge >= 0.3 is 0 Å². The molecule has 0 aliphatic rings. The van der Waals surface area contributed by atoms with Crippen LogP contribution in [0.3, 0.4) is 0 Å². The minimum Gasteiger partial charge on any atom is -0.507 e. The number of aromatic nitrogens is 4. The van der Waals surface area contributed by atoms with Crippen molar-refractivity contribution in [3.63, 3.8) is 0 Å². The van der Waals surface area contributed by atoms with Gasteiger partial charge in [0.1, 0.15) is 11.3 Å². The van der Waals surface area contributed by atoms with Crippen LogP contribution in [0.1, 0.15) is 31.9 Å². The molecular weight excluding hydrogens is 697 g/mol. The topological polar surface area (TPSA) is 63.8 Å². The van der Waals surface area contributed by atoms with Crippen molar-refractivity contribution in [2.45, 2.75) is 33.1 Å². The molecule has 9 rings (SSSR count). The van der Waals surface area contributed by atoms with Gasteiger partial charge in [-0.15, -0.1) is 0 Å². The van der Waals surface area contributed by atoms with E-state index in [2.05, 4.69) is 135 Å². The summed E-state index contributed by atoms with van der Waals surface area (Å²) < 4.78 is 2.05. The van der Waals surface area contributed by atoms with Crippen molar-refractivity contribution in [2.24, 2.45) is 0 Å². The van der Waals surface area contributed by atoms with Gasteiger partial charge in [-0.2, -0.15) is 0 Å². The Labute approximate surface area is 333 Å². The van der Waals surface area contributed by atoms with E-state index in [0.29, 0.717) is 17.0 Å². The lowest BCUT2D eigenvalue weighted by molar-refractivity contribution is 0.475. The molecule has 5 heteroatoms. The Morgan fingerprint density at radius 1 is 0.509 bits per heavy atom. The molecule has 0 atom stereocenters. The number of hydrogen-bond acceptors (Lipinski definition) is 4. The van der Waals surface area contributed by atoms with E-state index in [-0.39, 0.29) is 11.2 Å². The molecular formula is C52H42N4O. The minimum absolute atomic E-state index is 0.126. The van der Waals surface area contributed by atoms with Crippen molar-refractivity contribution >= 4 is 11.2 Å². The van der Waals surface area contributed by atoms with Crippen molar-refractivity contribution in [3.8, 4) is 78.6 Å². The number of imidazole rings is 1. The summed E-state index contributed by atoms with van der Waals surface area (Å²) in [5, 5.41) is 11.4. The fourth-order valence-corrected chi connectivity index (χ4v) is 7.58. The Morgan fingerprint density at radius 3 is 1.79 bits per heavy atom. The number of aromatic hydroxyl groups is 1. The highest BCUT2D eigenvalue weighted by atomic mass is 16.3. The highest BCUT2D eigenvalue weighted by Crippen LogP contribution is 2.41. The van der Waals surface area contributed by atoms with Crippen LogP contribution in [-0.4, -0.2) is 24.6 Å². The molecule has 57 heavy (non-hydrogen) atoms. The molecule has 0 saturated carbocycles. The number of phenolic OH excluding ortho intramolecular Hbond substituents is 1. The third kappa shape index (κ3) is 6.89. The molecule has 0 saturated heterocycles. The first kappa shape index (κ1) is 35.6. The zero-order chi connectivity index (χ0) is 39.1. The number of fused-ring (bicyclic) bond motifs is 1. The van der Waals surface area contributed by atoms with Crippen LogP contribution in [0.25, 0.3) is 84.0 Å². The monoisotopic (exact) mass is 738 g/mol. The molecule has 0 radical (unpaired) electrons. The second-order valence-corrected chi connectivity index (χ2v) is 15.6. The zero-order valence-electron chi connectivity index (χ0n) is 32.5. The van der Waals surface area contributed by atoms with Gasteiger partial charge in [0.15, 0.2) is 11.5 Å². The van der Waals surface area contributed by atoms with Crippen LogP contribution in [0.2, 0.25) is 0 Å². The summed E-state index contributed by atoms with van der Waals surface area (Å²) in [6.45, 7) is 8.64. The molecule has 0 amide bonds. The molecule has 5 nitrogen and oxygen atoms in total. The fraction of sp³-hybridized carbons (Fsp3) is 0.0962. The largest absolute Gasteiger partial charge is 0.507 e. The summed E-state index contributed by atoms with van der Waals surface area (Å²) in [6.07, 6.45) is 3.82. The van der Waals surface area contributed by atoms with Gasteiger partial charge in [0.2, 0.25) is 0 Å². The Bertz CT molecular complexity index is 2870. The van der Waals surface area contributed by atoms with Crippen LogP contribution in [0, 0.1) is 6.92 Å². The maximum atomic E-state index is 11.4. The number of para-hydroxylation sites is 1. The van der Waals surface area contributed by atoms with E-state index in [1.54, 1.807) is 6.07 Å². The Kier molecular flexibility index (Phi) is 9.06. The molecule has 276 valence electrons. The lowest BCUT2D eigenvalue weighted by atomic mass is 9.86. The number of nitrogens with zero attached hydrogens (tertiary/aromatic N) is 4. The van der Waals surface area contributed by atoms with E-state index in [1.807, 2.05) is 67.0 Å². The number of phenols is 1. The van der Waals surface area contributed by atoms with Crippen molar-refractivity contribution in [1.82, 2.24) is 19.5 Å². The van der Waals surface area contributed by atoms with Crippen molar-refractivity contribution in [2.75, 3.05) is 0 Å². The van der Waals surface area contributed by atoms with E-state index in [4.69, 9.17) is 15.0 Å². The van der Waals surface area contributed by atoms with Gasteiger partial charge in [-0.1, -0.05) is 130 Å². The first-order chi connectivity index (χ1) is 27.7. The van der Waals surface area contributed by atoms with E-state index in [9.17, 15) is 5.11 Å². The van der Waals surface area contributed by atoms with Gasteiger partial charge in [0, 0.05) is 29.2 Å². The third-order valence-electron chi connectivity index (χ3n) is 10.7. The normalized spacial score (nSPS) is 11.6. The molecule has 0 spiro atoms. The number of hydrogen-bond donors (Lipinski definition) is 1. The highest BCUT2D eigenvalue weighted by molar-refractivity contribution is 5.96. The van der Waals surface area contributed by atoms with Crippen LogP contribution in [0.5, 0.6) is 5.75 Å². The van der Waals surface area contributed by atoms with E-state index >= 15 is 0 Å². The first-order valence-corrected chi connectivity index (χ1v) is 19.3. The average Bonchev–Trinajstić information content (AvgIpc) is 3.64. The standard InChI is InChI=1S/C52H42N4O/c1-34-33-54-47(32-45(34)38-22-20-37(21-23-38)35-14-8-5-9-15-35)41-29-39(36-16-10-6-11-17-36)28-40(30-41)44-26-27-53-51-49(44)55-50(56(51)43-18-12-7-13-19-43)46-31-42(52(2,3)4)24-25-48(46)57/h5-33,57H,1-4H3. The molecule has 6 aromatic carbocycles. The van der Waals surface area contributed by atoms with Gasteiger partial charge in [-0.25, -0.2) is 9.97 Å². The SMILES string of the molecule is Cc1cnc(-c2cc(-c3ccccc3)cc(-c3ccnc4c3nc(-c3cc(C(C)(C)C)ccc3O)n4-c3ccccc3)c2)cc1-c1ccc(-c2ccccc2)cc1. The van der Waals surface area contributed by atoms with Crippen LogP contribution in [0.4, 0.5) is 0 Å². The smallest absolute Gasteiger partial charge is 0.165 e. The second kappa shape index (κ2) is 14.5. The van der Waals surface area contributed by atoms with E-state index in [1.165, 1.54) is 11.1 Å². The summed E-state index contributed by atoms with van der Waals surface area (Å²) in [4.78, 5) is 15.3. The Morgan fingerprint density at radius 2 is 1.11 bits per heavy atom. The van der Waals surface area contributed by atoms with Gasteiger partial charge in [0.25, 0.3) is 0 Å². The molecule has 0 fully saturated rings. The predicted octanol–water partition coefficient (Wildman–Crippen LogP) is 13.1. The fourth-order valence-electron chi connectivity index (χ4n) is 7.58. The van der Waals surface area contributed by atoms with Crippen LogP contribution < -0.4 is 0 Å². The summed E-state index contributed by atoms with van der Waals surface area (Å²) in [7, 11) is 0. The lowest BCUT2D eigenvalue weighted by Gasteiger charge is -2.20. The minimum atomic E-state index is -0.126. The van der Waals surface area contributed by atoms with Crippen LogP contribution >= 0.6 is 0 Å². The first-order valence-electron chi connectivity index (χ1n) is 19.3. The van der Waals surface area contributed by atoms with Crippen molar-refractivity contribution in [1.29, 1.82) is 0 Å². The molecule has 0 aliphatic carbocycles. The Balaban J connectivity index is 1.23. The number of pyridine rings is 2. The average molecular weight is 739 g/mol.